The highest BCUT2D eigenvalue weighted by Gasteiger charge is 2.17. The van der Waals surface area contributed by atoms with Gasteiger partial charge in [0.2, 0.25) is 0 Å². The molecule has 0 bridgehead atoms. The van der Waals surface area contributed by atoms with Crippen molar-refractivity contribution >= 4 is 17.5 Å². The summed E-state index contributed by atoms with van der Waals surface area (Å²) in [5.74, 6) is 1.67. The van der Waals surface area contributed by atoms with Crippen LogP contribution in [0.4, 0.5) is 5.82 Å². The maximum absolute atomic E-state index is 5.47. The summed E-state index contributed by atoms with van der Waals surface area (Å²) in [7, 11) is 1.68. The summed E-state index contributed by atoms with van der Waals surface area (Å²) in [5.41, 5.74) is 4.23. The van der Waals surface area contributed by atoms with Crippen LogP contribution in [0.15, 0.2) is 12.1 Å². The van der Waals surface area contributed by atoms with Gasteiger partial charge in [-0.15, -0.1) is 0 Å². The monoisotopic (exact) mass is 263 g/mol. The lowest BCUT2D eigenvalue weighted by atomic mass is 10.0. The number of nitrogens with one attached hydrogen (secondary N) is 1. The lowest BCUT2D eigenvalue weighted by molar-refractivity contribution is 0.416. The molecular formula is C13H17N3OS. The molecule has 0 saturated heterocycles. The average Bonchev–Trinajstić information content (AvgIpc) is 2.76. The smallest absolute Gasteiger partial charge is 0.168 e. The molecule has 5 heteroatoms. The van der Waals surface area contributed by atoms with E-state index in [1.165, 1.54) is 17.3 Å². The minimum atomic E-state index is 0.825. The first kappa shape index (κ1) is 12.8. The Balaban J connectivity index is 2.59. The molecule has 4 nitrogen and oxygen atoms in total. The summed E-state index contributed by atoms with van der Waals surface area (Å²) in [5, 5.41) is 3.23. The summed E-state index contributed by atoms with van der Waals surface area (Å²) < 4.78 is 14.2. The molecule has 0 atom stereocenters. The molecule has 1 heterocycles. The van der Waals surface area contributed by atoms with Gasteiger partial charge in [0.15, 0.2) is 5.82 Å². The molecule has 0 aliphatic heterocycles. The number of anilines is 1. The van der Waals surface area contributed by atoms with Gasteiger partial charge in [-0.25, -0.2) is 0 Å². The van der Waals surface area contributed by atoms with Gasteiger partial charge in [-0.1, -0.05) is 6.07 Å². The lowest BCUT2D eigenvalue weighted by Gasteiger charge is -2.12. The third kappa shape index (κ3) is 2.31. The van der Waals surface area contributed by atoms with Crippen molar-refractivity contribution in [2.24, 2.45) is 0 Å². The fourth-order valence-corrected chi connectivity index (χ4v) is 2.56. The van der Waals surface area contributed by atoms with Crippen molar-refractivity contribution in [3.05, 3.63) is 23.3 Å². The van der Waals surface area contributed by atoms with Crippen LogP contribution in [-0.2, 0) is 0 Å². The first-order chi connectivity index (χ1) is 8.67. The van der Waals surface area contributed by atoms with Crippen LogP contribution in [0.3, 0.4) is 0 Å². The molecule has 0 saturated carbocycles. The van der Waals surface area contributed by atoms with Crippen molar-refractivity contribution in [3.63, 3.8) is 0 Å². The highest BCUT2D eigenvalue weighted by atomic mass is 32.1. The summed E-state index contributed by atoms with van der Waals surface area (Å²) in [6.45, 7) is 7.00. The van der Waals surface area contributed by atoms with E-state index in [0.717, 1.165) is 34.9 Å². The molecule has 1 aromatic heterocycles. The van der Waals surface area contributed by atoms with Gasteiger partial charge < -0.3 is 10.1 Å². The van der Waals surface area contributed by atoms with Crippen molar-refractivity contribution in [2.75, 3.05) is 19.0 Å². The molecule has 2 rings (SSSR count). The maximum Gasteiger partial charge on any atom is 0.168 e. The first-order valence-corrected chi connectivity index (χ1v) is 6.62. The van der Waals surface area contributed by atoms with Crippen LogP contribution in [0, 0.1) is 13.8 Å². The predicted molar refractivity (Wildman–Crippen MR) is 75.5 cm³/mol. The standard InChI is InChI=1S/C13H17N3OS/c1-5-14-13-12(15-18-16-13)11-9(3)6-8(2)7-10(11)17-4/h6-7H,5H2,1-4H3,(H,14,16). The number of methoxy groups -OCH3 is 1. The summed E-state index contributed by atoms with van der Waals surface area (Å²) in [6.07, 6.45) is 0. The molecule has 0 aliphatic rings. The number of aryl methyl sites for hydroxylation is 2. The third-order valence-corrected chi connectivity index (χ3v) is 3.26. The zero-order chi connectivity index (χ0) is 13.1. The van der Waals surface area contributed by atoms with Crippen LogP contribution in [0.5, 0.6) is 5.75 Å². The van der Waals surface area contributed by atoms with Gasteiger partial charge in [0.1, 0.15) is 11.4 Å². The number of aromatic nitrogens is 2. The largest absolute Gasteiger partial charge is 0.496 e. The maximum atomic E-state index is 5.47. The molecular weight excluding hydrogens is 246 g/mol. The van der Waals surface area contributed by atoms with Crippen molar-refractivity contribution < 1.29 is 4.74 Å². The van der Waals surface area contributed by atoms with Crippen LogP contribution >= 0.6 is 11.7 Å². The second-order valence-electron chi connectivity index (χ2n) is 4.15. The molecule has 0 radical (unpaired) electrons. The zero-order valence-electron chi connectivity index (χ0n) is 11.1. The second kappa shape index (κ2) is 5.35. The van der Waals surface area contributed by atoms with Crippen LogP contribution in [0.2, 0.25) is 0 Å². The molecule has 0 unspecified atom stereocenters. The molecule has 0 fully saturated rings. The van der Waals surface area contributed by atoms with Crippen LogP contribution in [0.25, 0.3) is 11.3 Å². The minimum absolute atomic E-state index is 0.825. The van der Waals surface area contributed by atoms with E-state index in [9.17, 15) is 0 Å². The Labute approximate surface area is 111 Å². The molecule has 2 aromatic rings. The number of benzene rings is 1. The Hall–Kier alpha value is -1.62. The Morgan fingerprint density at radius 2 is 2.06 bits per heavy atom. The highest BCUT2D eigenvalue weighted by Crippen LogP contribution is 2.37. The van der Waals surface area contributed by atoms with Crippen molar-refractivity contribution in [1.29, 1.82) is 0 Å². The van der Waals surface area contributed by atoms with E-state index in [1.807, 2.05) is 13.0 Å². The normalized spacial score (nSPS) is 10.4. The number of hydrogen-bond donors (Lipinski definition) is 1. The SMILES string of the molecule is CCNc1nsnc1-c1c(C)cc(C)cc1OC. The molecule has 1 N–H and O–H groups in total. The summed E-state index contributed by atoms with van der Waals surface area (Å²) in [6, 6.07) is 4.16. The Morgan fingerprint density at radius 1 is 1.28 bits per heavy atom. The van der Waals surface area contributed by atoms with Gasteiger partial charge in [-0.05, 0) is 38.0 Å². The molecule has 0 spiro atoms. The van der Waals surface area contributed by atoms with E-state index >= 15 is 0 Å². The summed E-state index contributed by atoms with van der Waals surface area (Å²) >= 11 is 1.22. The van der Waals surface area contributed by atoms with E-state index in [1.54, 1.807) is 7.11 Å². The van der Waals surface area contributed by atoms with Gasteiger partial charge in [-0.2, -0.15) is 8.75 Å². The first-order valence-electron chi connectivity index (χ1n) is 5.89. The van der Waals surface area contributed by atoms with Crippen LogP contribution < -0.4 is 10.1 Å². The molecule has 0 aliphatic carbocycles. The van der Waals surface area contributed by atoms with Crippen molar-refractivity contribution in [2.45, 2.75) is 20.8 Å². The van der Waals surface area contributed by atoms with E-state index in [0.29, 0.717) is 0 Å². The fraction of sp³-hybridized carbons (Fsp3) is 0.385. The van der Waals surface area contributed by atoms with Crippen LogP contribution in [0.1, 0.15) is 18.1 Å². The number of rotatable bonds is 4. The van der Waals surface area contributed by atoms with Gasteiger partial charge in [0.25, 0.3) is 0 Å². The van der Waals surface area contributed by atoms with Gasteiger partial charge in [0, 0.05) is 6.54 Å². The Morgan fingerprint density at radius 3 is 2.72 bits per heavy atom. The Kier molecular flexibility index (Phi) is 3.81. The predicted octanol–water partition coefficient (Wildman–Crippen LogP) is 3.26. The van der Waals surface area contributed by atoms with Gasteiger partial charge in [-0.3, -0.25) is 0 Å². The number of ether oxygens (including phenoxy) is 1. The van der Waals surface area contributed by atoms with Crippen molar-refractivity contribution in [1.82, 2.24) is 8.75 Å². The minimum Gasteiger partial charge on any atom is -0.496 e. The topological polar surface area (TPSA) is 47.0 Å². The van der Waals surface area contributed by atoms with Gasteiger partial charge in [0.05, 0.1) is 24.4 Å². The van der Waals surface area contributed by atoms with E-state index in [4.69, 9.17) is 4.74 Å². The number of nitrogens with zero attached hydrogens (tertiary/aromatic N) is 2. The lowest BCUT2D eigenvalue weighted by Crippen LogP contribution is -2.00. The van der Waals surface area contributed by atoms with Gasteiger partial charge >= 0.3 is 0 Å². The highest BCUT2D eigenvalue weighted by molar-refractivity contribution is 6.99. The van der Waals surface area contributed by atoms with E-state index in [2.05, 4.69) is 34.0 Å². The molecule has 0 amide bonds. The average molecular weight is 263 g/mol. The second-order valence-corrected chi connectivity index (χ2v) is 4.68. The molecule has 96 valence electrons. The summed E-state index contributed by atoms with van der Waals surface area (Å²) in [4.78, 5) is 0. The van der Waals surface area contributed by atoms with Crippen molar-refractivity contribution in [3.8, 4) is 17.0 Å². The molecule has 18 heavy (non-hydrogen) atoms. The van der Waals surface area contributed by atoms with Crippen LogP contribution in [-0.4, -0.2) is 22.4 Å². The Bertz CT molecular complexity index is 551. The third-order valence-electron chi connectivity index (χ3n) is 2.73. The fourth-order valence-electron chi connectivity index (χ4n) is 2.03. The number of hydrogen-bond acceptors (Lipinski definition) is 5. The molecule has 1 aromatic carbocycles. The van der Waals surface area contributed by atoms with E-state index < -0.39 is 0 Å². The quantitative estimate of drug-likeness (QED) is 0.919. The zero-order valence-corrected chi connectivity index (χ0v) is 11.9. The van der Waals surface area contributed by atoms with E-state index in [-0.39, 0.29) is 0 Å².